The molecular formula is C33H40N2O2S. The molecule has 2 heterocycles. The second kappa shape index (κ2) is 11.5. The van der Waals surface area contributed by atoms with Gasteiger partial charge in [-0.1, -0.05) is 60.7 Å². The molecule has 1 amide bonds. The topological polar surface area (TPSA) is 40.6 Å². The van der Waals surface area contributed by atoms with Crippen LogP contribution in [0.1, 0.15) is 63.4 Å². The van der Waals surface area contributed by atoms with E-state index < -0.39 is 10.8 Å². The summed E-state index contributed by atoms with van der Waals surface area (Å²) in [7, 11) is 1.11. The molecule has 0 bridgehead atoms. The number of nitrogens with zero attached hydrogens (tertiary/aromatic N) is 2. The fourth-order valence-electron chi connectivity index (χ4n) is 6.27. The van der Waals surface area contributed by atoms with E-state index in [9.17, 15) is 9.00 Å². The standard InChI is InChI=1S/C33H40N2O2S/c1-25-13-14-29(23-26(25)2)30(24-34(3)32(36)28-10-5-4-6-11-28)15-19-35-20-17-33(18-21-35)31-12-8-7-9-27(31)16-22-38(33)37/h4-14,23,30H,15-22,24H2,1-3H3. The fourth-order valence-corrected chi connectivity index (χ4v) is 8.15. The van der Waals surface area contributed by atoms with Crippen LogP contribution in [-0.2, 0) is 22.0 Å². The number of carbonyl (C=O) groups is 1. The van der Waals surface area contributed by atoms with E-state index in [4.69, 9.17) is 0 Å². The Bertz CT molecular complexity index is 1300. The highest BCUT2D eigenvalue weighted by Gasteiger charge is 2.44. The number of rotatable bonds is 7. The minimum absolute atomic E-state index is 0.0674. The number of piperidine rings is 1. The molecule has 0 aromatic heterocycles. The first kappa shape index (κ1) is 26.8. The van der Waals surface area contributed by atoms with Crippen LogP contribution in [0.3, 0.4) is 0 Å². The largest absolute Gasteiger partial charge is 0.341 e. The number of likely N-dealkylation sites (N-methyl/N-ethyl adjacent to an activating group) is 1. The predicted molar refractivity (Wildman–Crippen MR) is 157 cm³/mol. The molecule has 2 unspecified atom stereocenters. The number of hydrogen-bond donors (Lipinski definition) is 0. The van der Waals surface area contributed by atoms with Crippen molar-refractivity contribution in [1.82, 2.24) is 9.80 Å². The maximum absolute atomic E-state index is 13.3. The van der Waals surface area contributed by atoms with Gasteiger partial charge in [-0.2, -0.15) is 0 Å². The summed E-state index contributed by atoms with van der Waals surface area (Å²) in [5.41, 5.74) is 7.35. The van der Waals surface area contributed by atoms with E-state index in [1.165, 1.54) is 27.8 Å². The molecule has 0 aliphatic carbocycles. The summed E-state index contributed by atoms with van der Waals surface area (Å²) in [4.78, 5) is 17.6. The van der Waals surface area contributed by atoms with Gasteiger partial charge in [0.15, 0.2) is 0 Å². The van der Waals surface area contributed by atoms with Gasteiger partial charge in [0.1, 0.15) is 0 Å². The highest BCUT2D eigenvalue weighted by Crippen LogP contribution is 2.43. The summed E-state index contributed by atoms with van der Waals surface area (Å²) in [6.45, 7) is 7.93. The zero-order valence-electron chi connectivity index (χ0n) is 23.0. The van der Waals surface area contributed by atoms with E-state index in [1.54, 1.807) is 0 Å². The minimum atomic E-state index is -0.811. The van der Waals surface area contributed by atoms with Gasteiger partial charge in [-0.15, -0.1) is 0 Å². The van der Waals surface area contributed by atoms with Crippen LogP contribution >= 0.6 is 0 Å². The molecule has 2 aliphatic heterocycles. The van der Waals surface area contributed by atoms with Crippen molar-refractivity contribution >= 4 is 16.7 Å². The van der Waals surface area contributed by atoms with E-state index in [0.717, 1.165) is 56.6 Å². The van der Waals surface area contributed by atoms with Crippen LogP contribution in [0.5, 0.6) is 0 Å². The molecule has 1 saturated heterocycles. The summed E-state index contributed by atoms with van der Waals surface area (Å²) < 4.78 is 13.1. The molecule has 2 aliphatic rings. The number of fused-ring (bicyclic) bond motifs is 2. The van der Waals surface area contributed by atoms with E-state index in [0.29, 0.717) is 6.54 Å². The van der Waals surface area contributed by atoms with Crippen molar-refractivity contribution in [1.29, 1.82) is 0 Å². The Balaban J connectivity index is 1.28. The van der Waals surface area contributed by atoms with Gasteiger partial charge in [-0.25, -0.2) is 0 Å². The molecule has 4 nitrogen and oxygen atoms in total. The van der Waals surface area contributed by atoms with Crippen molar-refractivity contribution in [3.05, 3.63) is 106 Å². The molecule has 0 saturated carbocycles. The predicted octanol–water partition coefficient (Wildman–Crippen LogP) is 5.85. The van der Waals surface area contributed by atoms with Gasteiger partial charge in [0.05, 0.1) is 4.75 Å². The first-order valence-corrected chi connectivity index (χ1v) is 15.3. The quantitative estimate of drug-likeness (QED) is 0.387. The van der Waals surface area contributed by atoms with Crippen LogP contribution < -0.4 is 0 Å². The Morgan fingerprint density at radius 3 is 2.42 bits per heavy atom. The average molecular weight is 529 g/mol. The van der Waals surface area contributed by atoms with Gasteiger partial charge in [0, 0.05) is 41.6 Å². The van der Waals surface area contributed by atoms with Crippen LogP contribution in [-0.4, -0.2) is 58.9 Å². The maximum atomic E-state index is 13.3. The Morgan fingerprint density at radius 1 is 0.974 bits per heavy atom. The molecule has 0 N–H and O–H groups in total. The van der Waals surface area contributed by atoms with Gasteiger partial charge in [-0.05, 0) is 99.1 Å². The average Bonchev–Trinajstić information content (AvgIpc) is 2.95. The van der Waals surface area contributed by atoms with Crippen molar-refractivity contribution in [2.45, 2.75) is 50.2 Å². The Hall–Kier alpha value is -2.76. The van der Waals surface area contributed by atoms with E-state index in [-0.39, 0.29) is 16.6 Å². The van der Waals surface area contributed by atoms with Crippen LogP contribution in [0, 0.1) is 13.8 Å². The van der Waals surface area contributed by atoms with Crippen LogP contribution in [0.25, 0.3) is 0 Å². The maximum Gasteiger partial charge on any atom is 0.253 e. The zero-order chi connectivity index (χ0) is 26.7. The van der Waals surface area contributed by atoms with Crippen LogP contribution in [0.4, 0.5) is 0 Å². The number of benzene rings is 3. The molecular weight excluding hydrogens is 488 g/mol. The first-order chi connectivity index (χ1) is 18.4. The summed E-state index contributed by atoms with van der Waals surface area (Å²) in [6, 6.07) is 25.0. The van der Waals surface area contributed by atoms with E-state index >= 15 is 0 Å². The molecule has 38 heavy (non-hydrogen) atoms. The van der Waals surface area contributed by atoms with Crippen molar-refractivity contribution in [2.24, 2.45) is 0 Å². The highest BCUT2D eigenvalue weighted by atomic mass is 32.2. The van der Waals surface area contributed by atoms with Gasteiger partial charge >= 0.3 is 0 Å². The lowest BCUT2D eigenvalue weighted by Crippen LogP contribution is -2.48. The van der Waals surface area contributed by atoms with Gasteiger partial charge in [0.25, 0.3) is 5.91 Å². The second-order valence-corrected chi connectivity index (χ2v) is 13.1. The molecule has 2 atom stereocenters. The Morgan fingerprint density at radius 2 is 1.68 bits per heavy atom. The minimum Gasteiger partial charge on any atom is -0.341 e. The summed E-state index contributed by atoms with van der Waals surface area (Å²) >= 11 is 0. The summed E-state index contributed by atoms with van der Waals surface area (Å²) in [6.07, 6.45) is 3.83. The number of hydrogen-bond acceptors (Lipinski definition) is 3. The van der Waals surface area contributed by atoms with E-state index in [1.807, 2.05) is 42.3 Å². The number of amides is 1. The third-order valence-corrected chi connectivity index (χ3v) is 10.9. The van der Waals surface area contributed by atoms with Crippen molar-refractivity contribution in [3.63, 3.8) is 0 Å². The molecule has 200 valence electrons. The highest BCUT2D eigenvalue weighted by molar-refractivity contribution is 7.86. The van der Waals surface area contributed by atoms with Crippen molar-refractivity contribution in [3.8, 4) is 0 Å². The van der Waals surface area contributed by atoms with Gasteiger partial charge < -0.3 is 9.80 Å². The fraction of sp³-hybridized carbons (Fsp3) is 0.424. The molecule has 1 spiro atoms. The lowest BCUT2D eigenvalue weighted by molar-refractivity contribution is 0.0781. The van der Waals surface area contributed by atoms with Crippen LogP contribution in [0.15, 0.2) is 72.8 Å². The Labute approximate surface area is 230 Å². The summed E-state index contributed by atoms with van der Waals surface area (Å²) in [5.74, 6) is 1.11. The molecule has 5 heteroatoms. The summed E-state index contributed by atoms with van der Waals surface area (Å²) in [5, 5.41) is 0. The lowest BCUT2D eigenvalue weighted by Gasteiger charge is -2.44. The third kappa shape index (κ3) is 5.50. The van der Waals surface area contributed by atoms with E-state index in [2.05, 4.69) is 61.2 Å². The normalized spacial score (nSPS) is 19.6. The third-order valence-electron chi connectivity index (χ3n) is 8.82. The molecule has 3 aromatic rings. The van der Waals surface area contributed by atoms with Crippen LogP contribution in [0.2, 0.25) is 0 Å². The second-order valence-electron chi connectivity index (χ2n) is 11.2. The molecule has 1 fully saturated rings. The number of carbonyl (C=O) groups excluding carboxylic acids is 1. The van der Waals surface area contributed by atoms with Crippen molar-refractivity contribution in [2.75, 3.05) is 39.0 Å². The zero-order valence-corrected chi connectivity index (χ0v) is 23.8. The SMILES string of the molecule is Cc1ccc(C(CCN2CCC3(CC2)c2ccccc2CCS3=O)CN(C)C(=O)c2ccccc2)cc1C. The molecule has 0 radical (unpaired) electrons. The van der Waals surface area contributed by atoms with Crippen molar-refractivity contribution < 1.29 is 9.00 Å². The van der Waals surface area contributed by atoms with Gasteiger partial charge in [-0.3, -0.25) is 9.00 Å². The lowest BCUT2D eigenvalue weighted by atomic mass is 9.84. The smallest absolute Gasteiger partial charge is 0.253 e. The molecule has 3 aromatic carbocycles. The monoisotopic (exact) mass is 528 g/mol. The first-order valence-electron chi connectivity index (χ1n) is 13.9. The number of aryl methyl sites for hydroxylation is 3. The number of likely N-dealkylation sites (tertiary alicyclic amines) is 1. The Kier molecular flexibility index (Phi) is 8.15. The van der Waals surface area contributed by atoms with Gasteiger partial charge in [0.2, 0.25) is 0 Å². The molecule has 5 rings (SSSR count).